The molecular weight excluding hydrogens is 294 g/mol. The summed E-state index contributed by atoms with van der Waals surface area (Å²) in [5.41, 5.74) is 5.82. The summed E-state index contributed by atoms with van der Waals surface area (Å²) in [5.74, 6) is 1.46. The Morgan fingerprint density at radius 3 is 2.62 bits per heavy atom. The Morgan fingerprint density at radius 2 is 1.88 bits per heavy atom. The fraction of sp³-hybridized carbons (Fsp3) is 0.286. The first-order valence-electron chi connectivity index (χ1n) is 8.42. The van der Waals surface area contributed by atoms with E-state index in [-0.39, 0.29) is 0 Å². The lowest BCUT2D eigenvalue weighted by molar-refractivity contribution is -0.660. The molecule has 0 amide bonds. The van der Waals surface area contributed by atoms with Gasteiger partial charge in [0.15, 0.2) is 6.20 Å². The maximum absolute atomic E-state index is 4.75. The first-order chi connectivity index (χ1) is 11.5. The summed E-state index contributed by atoms with van der Waals surface area (Å²) in [4.78, 5) is 9.15. The second-order valence-electron chi connectivity index (χ2n) is 6.68. The molecule has 0 saturated heterocycles. The zero-order valence-corrected chi connectivity index (χ0v) is 14.8. The molecule has 24 heavy (non-hydrogen) atoms. The molecule has 0 aliphatic carbocycles. The number of hydrogen-bond donors (Lipinski definition) is 0. The number of nitrogens with zero attached hydrogens (tertiary/aromatic N) is 3. The van der Waals surface area contributed by atoms with Crippen molar-refractivity contribution in [1.29, 1.82) is 0 Å². The Labute approximate surface area is 144 Å². The van der Waals surface area contributed by atoms with Crippen molar-refractivity contribution in [3.05, 3.63) is 66.2 Å². The first-order valence-corrected chi connectivity index (χ1v) is 8.42. The number of aryl methyl sites for hydroxylation is 2. The topological polar surface area (TPSA) is 29.7 Å². The summed E-state index contributed by atoms with van der Waals surface area (Å²) < 4.78 is 2.15. The molecule has 0 aliphatic rings. The second kappa shape index (κ2) is 6.91. The highest BCUT2D eigenvalue weighted by atomic mass is 14.9. The van der Waals surface area contributed by atoms with Crippen molar-refractivity contribution < 1.29 is 4.57 Å². The van der Waals surface area contributed by atoms with Crippen LogP contribution in [0.5, 0.6) is 0 Å². The van der Waals surface area contributed by atoms with Crippen molar-refractivity contribution in [1.82, 2.24) is 9.97 Å². The van der Waals surface area contributed by atoms with Gasteiger partial charge in [-0.25, -0.2) is 14.5 Å². The fourth-order valence-electron chi connectivity index (χ4n) is 2.88. The van der Waals surface area contributed by atoms with Crippen LogP contribution in [0.25, 0.3) is 22.5 Å². The third-order valence-corrected chi connectivity index (χ3v) is 4.16. The van der Waals surface area contributed by atoms with Gasteiger partial charge in [0, 0.05) is 35.9 Å². The minimum Gasteiger partial charge on any atom is -0.241 e. The van der Waals surface area contributed by atoms with Gasteiger partial charge in [0.1, 0.15) is 12.9 Å². The van der Waals surface area contributed by atoms with Gasteiger partial charge in [0.25, 0.3) is 0 Å². The van der Waals surface area contributed by atoms with Gasteiger partial charge in [0.2, 0.25) is 5.69 Å². The molecule has 3 rings (SSSR count). The van der Waals surface area contributed by atoms with Crippen LogP contribution >= 0.6 is 0 Å². The SMILES string of the molecule is Cc1ccccc1-c1cc(-c2ccnc(CC(C)C)n2)cc[n+]1C. The van der Waals surface area contributed by atoms with Gasteiger partial charge in [-0.3, -0.25) is 0 Å². The van der Waals surface area contributed by atoms with Gasteiger partial charge in [-0.1, -0.05) is 32.0 Å². The van der Waals surface area contributed by atoms with Crippen molar-refractivity contribution in [2.45, 2.75) is 27.2 Å². The lowest BCUT2D eigenvalue weighted by Gasteiger charge is -2.08. The average Bonchev–Trinajstić information content (AvgIpc) is 2.56. The van der Waals surface area contributed by atoms with E-state index in [9.17, 15) is 0 Å². The third-order valence-electron chi connectivity index (χ3n) is 4.16. The van der Waals surface area contributed by atoms with Crippen molar-refractivity contribution in [3.63, 3.8) is 0 Å². The molecule has 0 unspecified atom stereocenters. The highest BCUT2D eigenvalue weighted by Gasteiger charge is 2.14. The second-order valence-corrected chi connectivity index (χ2v) is 6.68. The largest absolute Gasteiger partial charge is 0.241 e. The van der Waals surface area contributed by atoms with Crippen LogP contribution < -0.4 is 4.57 Å². The lowest BCUT2D eigenvalue weighted by atomic mass is 10.0. The predicted molar refractivity (Wildman–Crippen MR) is 97.4 cm³/mol. The van der Waals surface area contributed by atoms with E-state index in [2.05, 4.69) is 80.0 Å². The summed E-state index contributed by atoms with van der Waals surface area (Å²) >= 11 is 0. The highest BCUT2D eigenvalue weighted by Crippen LogP contribution is 2.24. The van der Waals surface area contributed by atoms with Crippen LogP contribution in [0.15, 0.2) is 54.9 Å². The van der Waals surface area contributed by atoms with E-state index in [4.69, 9.17) is 4.98 Å². The molecule has 3 heteroatoms. The average molecular weight is 318 g/mol. The molecule has 0 aliphatic heterocycles. The Kier molecular flexibility index (Phi) is 4.70. The highest BCUT2D eigenvalue weighted by molar-refractivity contribution is 5.68. The molecule has 0 spiro atoms. The van der Waals surface area contributed by atoms with Crippen LogP contribution in [0.3, 0.4) is 0 Å². The zero-order chi connectivity index (χ0) is 17.1. The summed E-state index contributed by atoms with van der Waals surface area (Å²) in [6, 6.07) is 14.8. The smallest absolute Gasteiger partial charge is 0.213 e. The summed E-state index contributed by atoms with van der Waals surface area (Å²) in [7, 11) is 2.08. The molecule has 0 bridgehead atoms. The molecule has 0 atom stereocenters. The van der Waals surface area contributed by atoms with Gasteiger partial charge in [0.05, 0.1) is 5.69 Å². The molecule has 1 aromatic carbocycles. The van der Waals surface area contributed by atoms with Crippen molar-refractivity contribution >= 4 is 0 Å². The van der Waals surface area contributed by atoms with E-state index in [1.54, 1.807) is 0 Å². The third kappa shape index (κ3) is 3.51. The van der Waals surface area contributed by atoms with E-state index in [0.717, 1.165) is 23.5 Å². The summed E-state index contributed by atoms with van der Waals surface area (Å²) in [6.45, 7) is 6.52. The number of pyridine rings is 1. The molecule has 3 aromatic rings. The van der Waals surface area contributed by atoms with Gasteiger partial charge >= 0.3 is 0 Å². The van der Waals surface area contributed by atoms with E-state index < -0.39 is 0 Å². The van der Waals surface area contributed by atoms with Crippen LogP contribution in [-0.2, 0) is 13.5 Å². The molecule has 122 valence electrons. The van der Waals surface area contributed by atoms with Crippen molar-refractivity contribution in [2.75, 3.05) is 0 Å². The molecule has 3 nitrogen and oxygen atoms in total. The Bertz CT molecular complexity index is 853. The van der Waals surface area contributed by atoms with Crippen LogP contribution in [0, 0.1) is 12.8 Å². The van der Waals surface area contributed by atoms with Gasteiger partial charge in [-0.2, -0.15) is 0 Å². The maximum atomic E-state index is 4.75. The van der Waals surface area contributed by atoms with Crippen molar-refractivity contribution in [2.24, 2.45) is 13.0 Å². The van der Waals surface area contributed by atoms with E-state index >= 15 is 0 Å². The van der Waals surface area contributed by atoms with Crippen molar-refractivity contribution in [3.8, 4) is 22.5 Å². The monoisotopic (exact) mass is 318 g/mol. The number of benzene rings is 1. The predicted octanol–water partition coefficient (Wildman–Crippen LogP) is 4.14. The lowest BCUT2D eigenvalue weighted by Crippen LogP contribution is -2.30. The maximum Gasteiger partial charge on any atom is 0.213 e. The number of aromatic nitrogens is 3. The summed E-state index contributed by atoms with van der Waals surface area (Å²) in [5, 5.41) is 0. The van der Waals surface area contributed by atoms with Crippen LogP contribution in [0.4, 0.5) is 0 Å². The fourth-order valence-corrected chi connectivity index (χ4v) is 2.88. The molecular formula is C21H24N3+. The number of hydrogen-bond acceptors (Lipinski definition) is 2. The molecule has 2 aromatic heterocycles. The Morgan fingerprint density at radius 1 is 1.08 bits per heavy atom. The minimum atomic E-state index is 0.552. The van der Waals surface area contributed by atoms with Gasteiger partial charge < -0.3 is 0 Å². The van der Waals surface area contributed by atoms with Crippen LogP contribution in [0.1, 0.15) is 25.2 Å². The van der Waals surface area contributed by atoms with Crippen LogP contribution in [-0.4, -0.2) is 9.97 Å². The number of rotatable bonds is 4. The van der Waals surface area contributed by atoms with E-state index in [0.29, 0.717) is 5.92 Å². The molecule has 0 radical (unpaired) electrons. The molecule has 2 heterocycles. The van der Waals surface area contributed by atoms with Crippen LogP contribution in [0.2, 0.25) is 0 Å². The quantitative estimate of drug-likeness (QED) is 0.677. The molecule has 0 saturated carbocycles. The van der Waals surface area contributed by atoms with E-state index in [1.165, 1.54) is 16.8 Å². The zero-order valence-electron chi connectivity index (χ0n) is 14.8. The Balaban J connectivity index is 2.05. The van der Waals surface area contributed by atoms with Gasteiger partial charge in [-0.05, 0) is 30.5 Å². The van der Waals surface area contributed by atoms with Gasteiger partial charge in [-0.15, -0.1) is 0 Å². The normalized spacial score (nSPS) is 11.0. The van der Waals surface area contributed by atoms with E-state index in [1.807, 2.05) is 12.3 Å². The summed E-state index contributed by atoms with van der Waals surface area (Å²) in [6.07, 6.45) is 4.86. The molecule has 0 fully saturated rings. The minimum absolute atomic E-state index is 0.552. The standard InChI is InChI=1S/C21H24N3/c1-15(2)13-21-22-11-9-19(23-21)17-10-12-24(4)20(14-17)18-8-6-5-7-16(18)3/h5-12,14-15H,13H2,1-4H3/q+1. The Hall–Kier alpha value is -2.55. The first kappa shape index (κ1) is 16.3. The molecule has 0 N–H and O–H groups in total.